The standard InChI is InChI=1S/C23H22N2O6/c1-16(31-22-13-12-20(29-2)14-21(22)25(27)28)23(26)24-18-8-10-19(11-9-18)30-15-17-6-4-3-5-7-17/h3-14,16H,15H2,1-2H3,(H,24,26). The number of ether oxygens (including phenoxy) is 3. The van der Waals surface area contributed by atoms with Crippen molar-refractivity contribution < 1.29 is 23.9 Å². The number of hydrogen-bond donors (Lipinski definition) is 1. The minimum atomic E-state index is -0.957. The van der Waals surface area contributed by atoms with Crippen molar-refractivity contribution in [3.05, 3.63) is 88.5 Å². The van der Waals surface area contributed by atoms with Gasteiger partial charge in [-0.2, -0.15) is 0 Å². The van der Waals surface area contributed by atoms with Gasteiger partial charge in [0, 0.05) is 5.69 Å². The molecule has 1 amide bonds. The van der Waals surface area contributed by atoms with Gasteiger partial charge in [0.25, 0.3) is 5.91 Å². The van der Waals surface area contributed by atoms with Gasteiger partial charge < -0.3 is 19.5 Å². The second-order valence-corrected chi connectivity index (χ2v) is 6.64. The highest BCUT2D eigenvalue weighted by atomic mass is 16.6. The second kappa shape index (κ2) is 10.1. The fraction of sp³-hybridized carbons (Fsp3) is 0.174. The molecule has 0 aromatic heterocycles. The number of carbonyl (C=O) groups is 1. The normalized spacial score (nSPS) is 11.3. The number of nitrogens with one attached hydrogen (secondary N) is 1. The Balaban J connectivity index is 1.58. The molecule has 8 nitrogen and oxygen atoms in total. The molecule has 8 heteroatoms. The molecule has 0 saturated heterocycles. The average molecular weight is 422 g/mol. The van der Waals surface area contributed by atoms with Crippen LogP contribution in [0.1, 0.15) is 12.5 Å². The Hall–Kier alpha value is -4.07. The van der Waals surface area contributed by atoms with Crippen LogP contribution in [0, 0.1) is 10.1 Å². The van der Waals surface area contributed by atoms with Crippen LogP contribution in [0.4, 0.5) is 11.4 Å². The number of methoxy groups -OCH3 is 1. The summed E-state index contributed by atoms with van der Waals surface area (Å²) in [5, 5.41) is 14.0. The van der Waals surface area contributed by atoms with Gasteiger partial charge in [0.2, 0.25) is 0 Å². The molecule has 3 aromatic carbocycles. The van der Waals surface area contributed by atoms with Crippen LogP contribution in [0.5, 0.6) is 17.2 Å². The van der Waals surface area contributed by atoms with Crippen molar-refractivity contribution in [2.24, 2.45) is 0 Å². The van der Waals surface area contributed by atoms with Crippen LogP contribution in [0.2, 0.25) is 0 Å². The number of hydrogen-bond acceptors (Lipinski definition) is 6. The van der Waals surface area contributed by atoms with Crippen LogP contribution < -0.4 is 19.5 Å². The Kier molecular flexibility index (Phi) is 7.05. The number of nitro benzene ring substituents is 1. The van der Waals surface area contributed by atoms with E-state index in [2.05, 4.69) is 5.32 Å². The first-order valence-corrected chi connectivity index (χ1v) is 9.53. The number of anilines is 1. The van der Waals surface area contributed by atoms with Crippen molar-refractivity contribution in [3.63, 3.8) is 0 Å². The summed E-state index contributed by atoms with van der Waals surface area (Å²) in [6, 6.07) is 20.9. The predicted octanol–water partition coefficient (Wildman–Crippen LogP) is 4.59. The third-order valence-corrected chi connectivity index (χ3v) is 4.41. The molecule has 3 rings (SSSR count). The molecular weight excluding hydrogens is 400 g/mol. The van der Waals surface area contributed by atoms with Crippen molar-refractivity contribution in [1.82, 2.24) is 0 Å². The average Bonchev–Trinajstić information content (AvgIpc) is 2.79. The van der Waals surface area contributed by atoms with Gasteiger partial charge in [-0.05, 0) is 48.9 Å². The number of rotatable bonds is 9. The molecule has 1 atom stereocenters. The van der Waals surface area contributed by atoms with Gasteiger partial charge in [-0.3, -0.25) is 14.9 Å². The lowest BCUT2D eigenvalue weighted by Crippen LogP contribution is -2.30. The quantitative estimate of drug-likeness (QED) is 0.400. The third-order valence-electron chi connectivity index (χ3n) is 4.41. The molecule has 3 aromatic rings. The molecule has 0 radical (unpaired) electrons. The second-order valence-electron chi connectivity index (χ2n) is 6.64. The van der Waals surface area contributed by atoms with Gasteiger partial charge in [-0.15, -0.1) is 0 Å². The highest BCUT2D eigenvalue weighted by molar-refractivity contribution is 5.94. The van der Waals surface area contributed by atoms with Crippen LogP contribution in [0.25, 0.3) is 0 Å². The van der Waals surface area contributed by atoms with E-state index in [9.17, 15) is 14.9 Å². The van der Waals surface area contributed by atoms with Crippen LogP contribution in [0.3, 0.4) is 0 Å². The van der Waals surface area contributed by atoms with E-state index < -0.39 is 16.9 Å². The van der Waals surface area contributed by atoms with Crippen molar-refractivity contribution in [1.29, 1.82) is 0 Å². The maximum atomic E-state index is 12.5. The van der Waals surface area contributed by atoms with Crippen molar-refractivity contribution in [2.45, 2.75) is 19.6 Å². The number of nitrogens with zero attached hydrogens (tertiary/aromatic N) is 1. The Bertz CT molecular complexity index is 1040. The molecule has 0 bridgehead atoms. The first-order valence-electron chi connectivity index (χ1n) is 9.53. The van der Waals surface area contributed by atoms with Gasteiger partial charge in [0.15, 0.2) is 11.9 Å². The number of amides is 1. The molecule has 0 heterocycles. The molecule has 0 aliphatic rings. The maximum Gasteiger partial charge on any atom is 0.314 e. The van der Waals surface area contributed by atoms with E-state index in [1.807, 2.05) is 30.3 Å². The van der Waals surface area contributed by atoms with E-state index in [4.69, 9.17) is 14.2 Å². The van der Waals surface area contributed by atoms with Crippen LogP contribution in [-0.2, 0) is 11.4 Å². The molecule has 31 heavy (non-hydrogen) atoms. The van der Waals surface area contributed by atoms with E-state index in [1.165, 1.54) is 32.2 Å². The third kappa shape index (κ3) is 5.96. The Morgan fingerprint density at radius 1 is 1.03 bits per heavy atom. The SMILES string of the molecule is COc1ccc(OC(C)C(=O)Nc2ccc(OCc3ccccc3)cc2)c([N+](=O)[O-])c1. The molecular formula is C23H22N2O6. The zero-order chi connectivity index (χ0) is 22.2. The minimum Gasteiger partial charge on any atom is -0.496 e. The Morgan fingerprint density at radius 3 is 2.35 bits per heavy atom. The zero-order valence-corrected chi connectivity index (χ0v) is 17.1. The Labute approximate surface area is 179 Å². The monoisotopic (exact) mass is 422 g/mol. The lowest BCUT2D eigenvalue weighted by Gasteiger charge is -2.15. The van der Waals surface area contributed by atoms with Crippen LogP contribution in [-0.4, -0.2) is 24.0 Å². The van der Waals surface area contributed by atoms with Gasteiger partial charge in [-0.25, -0.2) is 0 Å². The number of benzene rings is 3. The van der Waals surface area contributed by atoms with Crippen molar-refractivity contribution in [2.75, 3.05) is 12.4 Å². The van der Waals surface area contributed by atoms with Gasteiger partial charge in [0.05, 0.1) is 18.1 Å². The smallest absolute Gasteiger partial charge is 0.314 e. The number of carbonyl (C=O) groups excluding carboxylic acids is 1. The summed E-state index contributed by atoms with van der Waals surface area (Å²) < 4.78 is 16.2. The molecule has 160 valence electrons. The molecule has 0 aliphatic carbocycles. The van der Waals surface area contributed by atoms with E-state index in [1.54, 1.807) is 24.3 Å². The zero-order valence-electron chi connectivity index (χ0n) is 17.1. The van der Waals surface area contributed by atoms with E-state index in [0.717, 1.165) is 5.56 Å². The van der Waals surface area contributed by atoms with E-state index in [-0.39, 0.29) is 11.4 Å². The highest BCUT2D eigenvalue weighted by Crippen LogP contribution is 2.31. The first-order chi connectivity index (χ1) is 15.0. The fourth-order valence-electron chi connectivity index (χ4n) is 2.73. The molecule has 1 N–H and O–H groups in total. The van der Waals surface area contributed by atoms with Crippen LogP contribution >= 0.6 is 0 Å². The van der Waals surface area contributed by atoms with Gasteiger partial charge in [0.1, 0.15) is 18.1 Å². The summed E-state index contributed by atoms with van der Waals surface area (Å²) in [6.07, 6.45) is -0.957. The summed E-state index contributed by atoms with van der Waals surface area (Å²) in [5.74, 6) is 0.534. The summed E-state index contributed by atoms with van der Waals surface area (Å²) >= 11 is 0. The van der Waals surface area contributed by atoms with E-state index in [0.29, 0.717) is 23.8 Å². The van der Waals surface area contributed by atoms with Gasteiger partial charge in [-0.1, -0.05) is 30.3 Å². The molecule has 0 spiro atoms. The molecule has 0 saturated carbocycles. The summed E-state index contributed by atoms with van der Waals surface area (Å²) in [5.41, 5.74) is 1.33. The molecule has 0 aliphatic heterocycles. The number of nitro groups is 1. The summed E-state index contributed by atoms with van der Waals surface area (Å²) in [4.78, 5) is 23.1. The lowest BCUT2D eigenvalue weighted by atomic mass is 10.2. The Morgan fingerprint density at radius 2 is 1.71 bits per heavy atom. The van der Waals surface area contributed by atoms with Crippen molar-refractivity contribution in [3.8, 4) is 17.2 Å². The van der Waals surface area contributed by atoms with Crippen LogP contribution in [0.15, 0.2) is 72.8 Å². The topological polar surface area (TPSA) is 99.9 Å². The largest absolute Gasteiger partial charge is 0.496 e. The van der Waals surface area contributed by atoms with E-state index >= 15 is 0 Å². The molecule has 1 unspecified atom stereocenters. The lowest BCUT2D eigenvalue weighted by molar-refractivity contribution is -0.386. The predicted molar refractivity (Wildman–Crippen MR) is 116 cm³/mol. The summed E-state index contributed by atoms with van der Waals surface area (Å²) in [7, 11) is 1.41. The fourth-order valence-corrected chi connectivity index (χ4v) is 2.73. The highest BCUT2D eigenvalue weighted by Gasteiger charge is 2.22. The minimum absolute atomic E-state index is 0.0156. The maximum absolute atomic E-state index is 12.5. The first kappa shape index (κ1) is 21.6. The van der Waals surface area contributed by atoms with Gasteiger partial charge >= 0.3 is 5.69 Å². The van der Waals surface area contributed by atoms with Crippen molar-refractivity contribution >= 4 is 17.3 Å². The molecule has 0 fully saturated rings. The summed E-state index contributed by atoms with van der Waals surface area (Å²) in [6.45, 7) is 1.96.